The van der Waals surface area contributed by atoms with E-state index in [9.17, 15) is 0 Å². The third-order valence-electron chi connectivity index (χ3n) is 10.8. The van der Waals surface area contributed by atoms with Crippen molar-refractivity contribution in [1.82, 2.24) is 0 Å². The van der Waals surface area contributed by atoms with Crippen molar-refractivity contribution in [2.45, 2.75) is 25.7 Å². The van der Waals surface area contributed by atoms with Gasteiger partial charge in [0.15, 0.2) is 5.84 Å². The molecule has 4 heteroatoms. The van der Waals surface area contributed by atoms with E-state index < -0.39 is 0 Å². The highest BCUT2D eigenvalue weighted by molar-refractivity contribution is 6.16. The minimum atomic E-state index is 0.0266. The molecule has 0 spiro atoms. The van der Waals surface area contributed by atoms with Gasteiger partial charge < -0.3 is 8.83 Å². The van der Waals surface area contributed by atoms with Gasteiger partial charge in [0, 0.05) is 44.7 Å². The number of nitrogens with zero attached hydrogens (tertiary/aromatic N) is 2. The number of amidine groups is 1. The highest BCUT2D eigenvalue weighted by atomic mass is 16.3. The molecule has 0 fully saturated rings. The Balaban J connectivity index is 1.15. The third kappa shape index (κ3) is 5.46. The second-order valence-corrected chi connectivity index (χ2v) is 13.9. The molecule has 2 unspecified atom stereocenters. The topological polar surface area (TPSA) is 51.0 Å². The summed E-state index contributed by atoms with van der Waals surface area (Å²) < 4.78 is 13.1. The Morgan fingerprint density at radius 3 is 2.06 bits per heavy atom. The molecule has 6 aromatic carbocycles. The molecule has 4 nitrogen and oxygen atoms in total. The second kappa shape index (κ2) is 12.9. The minimum Gasteiger partial charge on any atom is -0.456 e. The predicted octanol–water partition coefficient (Wildman–Crippen LogP) is 12.5. The van der Waals surface area contributed by atoms with Crippen LogP contribution in [-0.4, -0.2) is 11.5 Å². The van der Waals surface area contributed by atoms with Crippen LogP contribution in [0.15, 0.2) is 177 Å². The lowest BCUT2D eigenvalue weighted by atomic mass is 9.77. The molecule has 0 amide bonds. The number of rotatable bonds is 6. The second-order valence-electron chi connectivity index (χ2n) is 13.9. The van der Waals surface area contributed by atoms with Crippen molar-refractivity contribution in [2.24, 2.45) is 15.9 Å². The van der Waals surface area contributed by atoms with Crippen LogP contribution in [0.1, 0.15) is 58.4 Å². The molecular weight excluding hydrogens is 649 g/mol. The molecule has 53 heavy (non-hydrogen) atoms. The summed E-state index contributed by atoms with van der Waals surface area (Å²) in [7, 11) is 0. The fourth-order valence-electron chi connectivity index (χ4n) is 8.17. The lowest BCUT2D eigenvalue weighted by molar-refractivity contribution is 0.593. The number of furan rings is 2. The molecule has 0 saturated carbocycles. The van der Waals surface area contributed by atoms with Crippen molar-refractivity contribution < 1.29 is 8.83 Å². The number of fused-ring (bicyclic) bond motifs is 6. The third-order valence-corrected chi connectivity index (χ3v) is 10.8. The Bertz CT molecular complexity index is 2800. The van der Waals surface area contributed by atoms with Gasteiger partial charge in [0.25, 0.3) is 0 Å². The Labute approximate surface area is 308 Å². The van der Waals surface area contributed by atoms with Gasteiger partial charge >= 0.3 is 0 Å². The molecule has 8 aromatic rings. The van der Waals surface area contributed by atoms with Gasteiger partial charge in [-0.3, -0.25) is 0 Å². The molecule has 2 aliphatic rings. The lowest BCUT2D eigenvalue weighted by Crippen LogP contribution is -2.15. The van der Waals surface area contributed by atoms with Crippen LogP contribution in [0.2, 0.25) is 0 Å². The first-order valence-corrected chi connectivity index (χ1v) is 18.4. The summed E-state index contributed by atoms with van der Waals surface area (Å²) in [5.41, 5.74) is 12.5. The van der Waals surface area contributed by atoms with Gasteiger partial charge in [0.1, 0.15) is 22.5 Å². The molecule has 0 bridgehead atoms. The summed E-state index contributed by atoms with van der Waals surface area (Å²) in [5, 5.41) is 3.40. The quantitative estimate of drug-likeness (QED) is 0.175. The van der Waals surface area contributed by atoms with E-state index in [0.717, 1.165) is 85.2 Å². The first-order chi connectivity index (χ1) is 26.2. The molecule has 0 saturated heterocycles. The molecule has 10 rings (SSSR count). The maximum Gasteiger partial charge on any atom is 0.160 e. The van der Waals surface area contributed by atoms with Crippen LogP contribution in [-0.2, 0) is 6.42 Å². The average molecular weight is 685 g/mol. The molecule has 1 aliphatic heterocycles. The summed E-state index contributed by atoms with van der Waals surface area (Å²) in [6.07, 6.45) is 6.24. The molecule has 254 valence electrons. The average Bonchev–Trinajstić information content (AvgIpc) is 3.72. The van der Waals surface area contributed by atoms with E-state index in [1.54, 1.807) is 0 Å². The summed E-state index contributed by atoms with van der Waals surface area (Å²) in [6.45, 7) is 2.22. The van der Waals surface area contributed by atoms with Gasteiger partial charge in [-0.05, 0) is 65.5 Å². The fourth-order valence-corrected chi connectivity index (χ4v) is 8.17. The van der Waals surface area contributed by atoms with E-state index in [1.807, 2.05) is 24.3 Å². The number of aliphatic imine (C=N–C) groups is 2. The predicted molar refractivity (Wildman–Crippen MR) is 218 cm³/mol. The normalized spacial score (nSPS) is 17.2. The van der Waals surface area contributed by atoms with E-state index in [1.165, 1.54) is 16.7 Å². The van der Waals surface area contributed by atoms with Crippen molar-refractivity contribution in [3.05, 3.63) is 197 Å². The molecule has 2 atom stereocenters. The zero-order chi connectivity index (χ0) is 35.3. The van der Waals surface area contributed by atoms with Crippen LogP contribution in [0.25, 0.3) is 50.3 Å². The van der Waals surface area contributed by atoms with Crippen molar-refractivity contribution in [3.8, 4) is 0 Å². The van der Waals surface area contributed by atoms with Gasteiger partial charge in [0.2, 0.25) is 0 Å². The zero-order valence-corrected chi connectivity index (χ0v) is 29.4. The lowest BCUT2D eigenvalue weighted by Gasteiger charge is -2.25. The molecular formula is C49H36N2O2. The Kier molecular flexibility index (Phi) is 7.61. The number of para-hydroxylation sites is 3. The first kappa shape index (κ1) is 31.2. The molecule has 2 aromatic heterocycles. The number of hydrogen-bond acceptors (Lipinski definition) is 4. The largest absolute Gasteiger partial charge is 0.456 e. The minimum absolute atomic E-state index is 0.0266. The molecule has 0 radical (unpaired) electrons. The van der Waals surface area contributed by atoms with Gasteiger partial charge in [-0.2, -0.15) is 0 Å². The van der Waals surface area contributed by atoms with Crippen LogP contribution in [0.3, 0.4) is 0 Å². The number of allylic oxidation sites excluding steroid dienone is 2. The molecule has 1 aliphatic carbocycles. The smallest absolute Gasteiger partial charge is 0.160 e. The van der Waals surface area contributed by atoms with Gasteiger partial charge in [-0.25, -0.2) is 9.98 Å². The van der Waals surface area contributed by atoms with Crippen LogP contribution >= 0.6 is 0 Å². The van der Waals surface area contributed by atoms with Crippen molar-refractivity contribution in [3.63, 3.8) is 0 Å². The standard InChI is InChI=1S/C49H36N2O2/c1-2-31-28-43(32-15-5-3-6-16-32)50-49(51-47(31)33-17-7-4-8-18-33)35-20-13-19-34(27-35)40-29-42-37-22-10-11-25-44(37)52-46(42)30-41(40)39-24-14-23-38-36-21-9-12-26-45(36)53-48(38)39/h3-28,30-31,40H,2,29H2,1H3. The van der Waals surface area contributed by atoms with Gasteiger partial charge in [-0.15, -0.1) is 0 Å². The Hall–Kier alpha value is -6.52. The Morgan fingerprint density at radius 1 is 0.604 bits per heavy atom. The monoisotopic (exact) mass is 684 g/mol. The highest BCUT2D eigenvalue weighted by Gasteiger charge is 2.31. The van der Waals surface area contributed by atoms with Gasteiger partial charge in [0.05, 0.1) is 11.4 Å². The molecule has 3 heterocycles. The fraction of sp³-hybridized carbons (Fsp3) is 0.102. The summed E-state index contributed by atoms with van der Waals surface area (Å²) in [4.78, 5) is 10.7. The SMILES string of the molecule is CCC1C=C(c2ccccc2)N=C(c2cccc(C3Cc4c(oc5ccccc45)C=C3c3cccc4c3oc3ccccc34)c2)N=C1c1ccccc1. The summed E-state index contributed by atoms with van der Waals surface area (Å²) in [6, 6.07) is 53.0. The summed E-state index contributed by atoms with van der Waals surface area (Å²) in [5.74, 6) is 1.77. The maximum absolute atomic E-state index is 6.61. The summed E-state index contributed by atoms with van der Waals surface area (Å²) >= 11 is 0. The van der Waals surface area contributed by atoms with Crippen molar-refractivity contribution in [1.29, 1.82) is 0 Å². The number of hydrogen-bond donors (Lipinski definition) is 0. The Morgan fingerprint density at radius 2 is 1.26 bits per heavy atom. The zero-order valence-electron chi connectivity index (χ0n) is 29.4. The van der Waals surface area contributed by atoms with E-state index in [-0.39, 0.29) is 11.8 Å². The molecule has 0 N–H and O–H groups in total. The van der Waals surface area contributed by atoms with E-state index >= 15 is 0 Å². The first-order valence-electron chi connectivity index (χ1n) is 18.4. The van der Waals surface area contributed by atoms with Gasteiger partial charge in [-0.1, -0.05) is 140 Å². The van der Waals surface area contributed by atoms with E-state index in [2.05, 4.69) is 146 Å². The maximum atomic E-state index is 6.61. The van der Waals surface area contributed by atoms with Crippen LogP contribution in [0.4, 0.5) is 0 Å². The number of benzene rings is 6. The van der Waals surface area contributed by atoms with Crippen LogP contribution in [0.5, 0.6) is 0 Å². The van der Waals surface area contributed by atoms with E-state index in [4.69, 9.17) is 18.8 Å². The van der Waals surface area contributed by atoms with E-state index in [0.29, 0.717) is 5.84 Å². The van der Waals surface area contributed by atoms with Crippen molar-refractivity contribution >= 4 is 61.8 Å². The van der Waals surface area contributed by atoms with Crippen LogP contribution in [0, 0.1) is 5.92 Å². The van der Waals surface area contributed by atoms with Crippen molar-refractivity contribution in [2.75, 3.05) is 0 Å². The van der Waals surface area contributed by atoms with Crippen LogP contribution < -0.4 is 0 Å². The highest BCUT2D eigenvalue weighted by Crippen LogP contribution is 2.47.